The van der Waals surface area contributed by atoms with Crippen LogP contribution in [0.25, 0.3) is 0 Å². The monoisotopic (exact) mass is 527 g/mol. The van der Waals surface area contributed by atoms with Crippen molar-refractivity contribution in [3.8, 4) is 0 Å². The normalized spacial score (nSPS) is 14.9. The molecule has 2 aromatic heterocycles. The number of aromatic nitrogens is 4. The first-order valence-corrected chi connectivity index (χ1v) is 12.1. The maximum Gasteiger partial charge on any atom is 0.258 e. The number of rotatable bonds is 6. The first kappa shape index (κ1) is 25.0. The number of nitrogens with one attached hydrogen (secondary N) is 2. The van der Waals surface area contributed by atoms with Gasteiger partial charge in [-0.05, 0) is 48.4 Å². The predicted molar refractivity (Wildman–Crippen MR) is 141 cm³/mol. The van der Waals surface area contributed by atoms with Crippen LogP contribution in [0.15, 0.2) is 73.4 Å². The molecule has 0 saturated heterocycles. The van der Waals surface area contributed by atoms with Crippen LogP contribution in [0, 0.1) is 6.92 Å². The van der Waals surface area contributed by atoms with Gasteiger partial charge in [-0.15, -0.1) is 0 Å². The van der Waals surface area contributed by atoms with Crippen LogP contribution in [0.1, 0.15) is 37.5 Å². The molecule has 11 heteroatoms. The quantitative estimate of drug-likeness (QED) is 0.391. The van der Waals surface area contributed by atoms with Gasteiger partial charge in [0.1, 0.15) is 6.04 Å². The fourth-order valence-electron chi connectivity index (χ4n) is 4.07. The van der Waals surface area contributed by atoms with Crippen LogP contribution in [0.2, 0.25) is 5.02 Å². The third-order valence-electron chi connectivity index (χ3n) is 6.00. The van der Waals surface area contributed by atoms with Crippen molar-refractivity contribution in [1.29, 1.82) is 0 Å². The Kier molecular flexibility index (Phi) is 7.05. The molecule has 0 aliphatic carbocycles. The Labute approximate surface area is 223 Å². The van der Waals surface area contributed by atoms with Crippen LogP contribution < -0.4 is 10.6 Å². The van der Waals surface area contributed by atoms with Crippen LogP contribution in [-0.2, 0) is 17.8 Å². The molecule has 38 heavy (non-hydrogen) atoms. The van der Waals surface area contributed by atoms with Gasteiger partial charge in [0, 0.05) is 54.5 Å². The minimum absolute atomic E-state index is 0.127. The summed E-state index contributed by atoms with van der Waals surface area (Å²) in [6, 6.07) is 10.7. The molecule has 0 saturated carbocycles. The minimum atomic E-state index is -0.855. The van der Waals surface area contributed by atoms with E-state index in [0.717, 1.165) is 11.1 Å². The molecule has 0 fully saturated rings. The molecule has 0 radical (unpaired) electrons. The summed E-state index contributed by atoms with van der Waals surface area (Å²) in [5.74, 6) is -0.852. The summed E-state index contributed by atoms with van der Waals surface area (Å²) in [4.78, 5) is 57.7. The van der Waals surface area contributed by atoms with E-state index in [1.54, 1.807) is 67.3 Å². The number of halogens is 1. The van der Waals surface area contributed by atoms with E-state index in [-0.39, 0.29) is 36.6 Å². The summed E-state index contributed by atoms with van der Waals surface area (Å²) < 4.78 is 0. The molecule has 5 rings (SSSR count). The summed E-state index contributed by atoms with van der Waals surface area (Å²) in [6.45, 7) is 1.98. The number of anilines is 2. The molecule has 0 spiro atoms. The number of hydrogen-bond donors (Lipinski definition) is 2. The number of hydrogen-bond acceptors (Lipinski definition) is 7. The second kappa shape index (κ2) is 10.7. The summed E-state index contributed by atoms with van der Waals surface area (Å²) >= 11 is 6.12. The van der Waals surface area contributed by atoms with E-state index in [1.165, 1.54) is 11.1 Å². The Morgan fingerprint density at radius 2 is 1.79 bits per heavy atom. The van der Waals surface area contributed by atoms with Crippen molar-refractivity contribution in [3.63, 3.8) is 0 Å². The first-order chi connectivity index (χ1) is 18.4. The molecule has 1 aliphatic heterocycles. The number of carbonyl (C=O) groups is 3. The largest absolute Gasteiger partial charge is 0.323 e. The van der Waals surface area contributed by atoms with Crippen LogP contribution in [0.4, 0.5) is 11.6 Å². The molecule has 190 valence electrons. The Morgan fingerprint density at radius 3 is 2.50 bits per heavy atom. The molecule has 2 N–H and O–H groups in total. The molecule has 2 aromatic carbocycles. The van der Waals surface area contributed by atoms with E-state index in [9.17, 15) is 14.4 Å². The second-order valence-corrected chi connectivity index (χ2v) is 9.20. The smallest absolute Gasteiger partial charge is 0.258 e. The molecule has 3 heterocycles. The summed E-state index contributed by atoms with van der Waals surface area (Å²) in [7, 11) is 0. The standard InChI is InChI=1S/C27H22ClN7O3/c1-16-12-31-27(32-13-16)34-24(36)18-4-2-17(3-5-18)15-35-23(11-20-14-29-8-9-30-20)25(37)33-22-10-19(28)6-7-21(22)26(35)38/h2-10,12-14,23H,11,15H2,1H3,(H,33,37)(H,31,32,34,36). The lowest BCUT2D eigenvalue weighted by Gasteiger charge is -2.28. The molecule has 0 bridgehead atoms. The highest BCUT2D eigenvalue weighted by atomic mass is 35.5. The van der Waals surface area contributed by atoms with Crippen molar-refractivity contribution in [2.75, 3.05) is 10.6 Å². The number of amides is 3. The van der Waals surface area contributed by atoms with Gasteiger partial charge in [0.05, 0.1) is 16.9 Å². The van der Waals surface area contributed by atoms with Crippen molar-refractivity contribution in [1.82, 2.24) is 24.8 Å². The predicted octanol–water partition coefficient (Wildman–Crippen LogP) is 3.69. The number of nitrogens with zero attached hydrogens (tertiary/aromatic N) is 5. The van der Waals surface area contributed by atoms with Gasteiger partial charge >= 0.3 is 0 Å². The molecular weight excluding hydrogens is 506 g/mol. The van der Waals surface area contributed by atoms with Crippen molar-refractivity contribution in [3.05, 3.63) is 106 Å². The third kappa shape index (κ3) is 5.50. The average molecular weight is 528 g/mol. The molecule has 1 atom stereocenters. The van der Waals surface area contributed by atoms with Crippen molar-refractivity contribution >= 4 is 41.0 Å². The highest BCUT2D eigenvalue weighted by molar-refractivity contribution is 6.31. The highest BCUT2D eigenvalue weighted by Gasteiger charge is 2.36. The lowest BCUT2D eigenvalue weighted by molar-refractivity contribution is -0.120. The Bertz CT molecular complexity index is 1500. The van der Waals surface area contributed by atoms with E-state index < -0.39 is 6.04 Å². The summed E-state index contributed by atoms with van der Waals surface area (Å²) in [5.41, 5.74) is 3.26. The molecule has 10 nitrogen and oxygen atoms in total. The topological polar surface area (TPSA) is 130 Å². The van der Waals surface area contributed by atoms with Gasteiger partial charge in [0.15, 0.2) is 0 Å². The maximum absolute atomic E-state index is 13.7. The fraction of sp³-hybridized carbons (Fsp3) is 0.148. The minimum Gasteiger partial charge on any atom is -0.323 e. The van der Waals surface area contributed by atoms with Crippen molar-refractivity contribution in [2.45, 2.75) is 25.9 Å². The summed E-state index contributed by atoms with van der Waals surface area (Å²) in [6.07, 6.45) is 8.05. The van der Waals surface area contributed by atoms with E-state index in [2.05, 4.69) is 30.6 Å². The van der Waals surface area contributed by atoms with Crippen molar-refractivity contribution < 1.29 is 14.4 Å². The molecule has 4 aromatic rings. The Balaban J connectivity index is 1.40. The first-order valence-electron chi connectivity index (χ1n) is 11.7. The maximum atomic E-state index is 13.7. The molecular formula is C27H22ClN7O3. The number of benzene rings is 2. The van der Waals surface area contributed by atoms with Gasteiger partial charge in [0.25, 0.3) is 11.8 Å². The third-order valence-corrected chi connectivity index (χ3v) is 6.24. The van der Waals surface area contributed by atoms with E-state index in [0.29, 0.717) is 27.5 Å². The zero-order valence-corrected chi connectivity index (χ0v) is 21.0. The van der Waals surface area contributed by atoms with Crippen molar-refractivity contribution in [2.24, 2.45) is 0 Å². The Morgan fingerprint density at radius 1 is 1.03 bits per heavy atom. The van der Waals surface area contributed by atoms with Gasteiger partial charge in [-0.3, -0.25) is 29.7 Å². The van der Waals surface area contributed by atoms with E-state index >= 15 is 0 Å². The number of fused-ring (bicyclic) bond motifs is 1. The van der Waals surface area contributed by atoms with Gasteiger partial charge in [-0.25, -0.2) is 9.97 Å². The number of carbonyl (C=O) groups excluding carboxylic acids is 3. The molecule has 3 amide bonds. The van der Waals surface area contributed by atoms with Crippen LogP contribution in [-0.4, -0.2) is 48.6 Å². The summed E-state index contributed by atoms with van der Waals surface area (Å²) in [5, 5.41) is 5.89. The van der Waals surface area contributed by atoms with E-state index in [4.69, 9.17) is 11.6 Å². The zero-order chi connectivity index (χ0) is 26.6. The zero-order valence-electron chi connectivity index (χ0n) is 20.3. The Hall–Kier alpha value is -4.70. The number of aryl methyl sites for hydroxylation is 1. The molecule has 1 unspecified atom stereocenters. The van der Waals surface area contributed by atoms with Gasteiger partial charge in [-0.2, -0.15) is 0 Å². The lowest BCUT2D eigenvalue weighted by atomic mass is 10.1. The highest BCUT2D eigenvalue weighted by Crippen LogP contribution is 2.28. The van der Waals surface area contributed by atoms with Crippen LogP contribution >= 0.6 is 11.6 Å². The van der Waals surface area contributed by atoms with Gasteiger partial charge in [0.2, 0.25) is 11.9 Å². The van der Waals surface area contributed by atoms with Gasteiger partial charge in [-0.1, -0.05) is 23.7 Å². The lowest BCUT2D eigenvalue weighted by Crippen LogP contribution is -2.46. The average Bonchev–Trinajstić information content (AvgIpc) is 3.00. The fourth-order valence-corrected chi connectivity index (χ4v) is 4.24. The molecule has 1 aliphatic rings. The van der Waals surface area contributed by atoms with Gasteiger partial charge < -0.3 is 10.2 Å². The van der Waals surface area contributed by atoms with Crippen LogP contribution in [0.3, 0.4) is 0 Å². The van der Waals surface area contributed by atoms with E-state index in [1.807, 2.05) is 6.92 Å². The SMILES string of the molecule is Cc1cnc(NC(=O)c2ccc(CN3C(=O)c4ccc(Cl)cc4NC(=O)C3Cc3cnccn3)cc2)nc1. The second-order valence-electron chi connectivity index (χ2n) is 8.76. The van der Waals surface area contributed by atoms with Crippen LogP contribution in [0.5, 0.6) is 0 Å².